The second-order valence-corrected chi connectivity index (χ2v) is 8.37. The highest BCUT2D eigenvalue weighted by molar-refractivity contribution is 5.99. The zero-order valence-corrected chi connectivity index (χ0v) is 16.5. The number of benzene rings is 1. The fraction of sp³-hybridized carbons (Fsp3) is 0.545. The molecule has 2 aromatic rings. The lowest BCUT2D eigenvalue weighted by atomic mass is 9.89. The van der Waals surface area contributed by atoms with Gasteiger partial charge in [-0.25, -0.2) is 0 Å². The first-order valence-electron chi connectivity index (χ1n) is 9.91. The largest absolute Gasteiger partial charge is 0.451 e. The first kappa shape index (κ1) is 18.2. The molecule has 2 aliphatic heterocycles. The van der Waals surface area contributed by atoms with Crippen LogP contribution in [0.5, 0.6) is 0 Å². The number of rotatable bonds is 4. The van der Waals surface area contributed by atoms with Gasteiger partial charge in [-0.3, -0.25) is 4.79 Å². The molecule has 0 bridgehead atoms. The molecular weight excluding hydrogens is 340 g/mol. The number of piperidine rings is 1. The molecule has 144 valence electrons. The first-order valence-corrected chi connectivity index (χ1v) is 9.91. The normalized spacial score (nSPS) is 23.0. The van der Waals surface area contributed by atoms with E-state index in [2.05, 4.69) is 18.0 Å². The van der Waals surface area contributed by atoms with E-state index in [1.165, 1.54) is 6.42 Å². The summed E-state index contributed by atoms with van der Waals surface area (Å²) in [6.07, 6.45) is 2.44. The van der Waals surface area contributed by atoms with Crippen LogP contribution in [0.1, 0.15) is 41.4 Å². The second kappa shape index (κ2) is 7.12. The molecule has 2 atom stereocenters. The molecule has 5 nitrogen and oxygen atoms in total. The van der Waals surface area contributed by atoms with Crippen LogP contribution >= 0.6 is 0 Å². The molecule has 5 heteroatoms. The van der Waals surface area contributed by atoms with E-state index in [1.54, 1.807) is 6.92 Å². The Morgan fingerprint density at radius 2 is 1.96 bits per heavy atom. The summed E-state index contributed by atoms with van der Waals surface area (Å²) in [4.78, 5) is 28.7. The van der Waals surface area contributed by atoms with Crippen LogP contribution in [-0.4, -0.2) is 54.7 Å². The van der Waals surface area contributed by atoms with Gasteiger partial charge in [-0.05, 0) is 69.8 Å². The van der Waals surface area contributed by atoms with E-state index < -0.39 is 0 Å². The van der Waals surface area contributed by atoms with Crippen molar-refractivity contribution in [2.24, 2.45) is 11.8 Å². The zero-order chi connectivity index (χ0) is 19.1. The number of carbonyl (C=O) groups excluding carboxylic acids is 2. The molecule has 1 aromatic carbocycles. The van der Waals surface area contributed by atoms with Gasteiger partial charge in [0, 0.05) is 37.0 Å². The van der Waals surface area contributed by atoms with Crippen LogP contribution in [0.2, 0.25) is 0 Å². The Balaban J connectivity index is 1.55. The first-order chi connectivity index (χ1) is 12.9. The van der Waals surface area contributed by atoms with Crippen LogP contribution in [0, 0.1) is 18.8 Å². The Labute approximate surface area is 160 Å². The van der Waals surface area contributed by atoms with E-state index in [1.807, 2.05) is 24.0 Å². The molecule has 2 fully saturated rings. The third kappa shape index (κ3) is 3.53. The van der Waals surface area contributed by atoms with E-state index in [4.69, 9.17) is 4.42 Å². The molecule has 2 saturated heterocycles. The molecule has 2 aliphatic rings. The van der Waals surface area contributed by atoms with Crippen molar-refractivity contribution in [1.29, 1.82) is 0 Å². The summed E-state index contributed by atoms with van der Waals surface area (Å²) in [6.45, 7) is 7.45. The number of nitrogens with zero attached hydrogens (tertiary/aromatic N) is 2. The molecule has 2 unspecified atom stereocenters. The van der Waals surface area contributed by atoms with Crippen molar-refractivity contribution >= 4 is 22.7 Å². The van der Waals surface area contributed by atoms with Gasteiger partial charge in [0.25, 0.3) is 5.91 Å². The molecule has 1 aromatic heterocycles. The van der Waals surface area contributed by atoms with Gasteiger partial charge in [-0.1, -0.05) is 6.07 Å². The number of likely N-dealkylation sites (tertiary alicyclic amines) is 2. The molecule has 0 radical (unpaired) electrons. The Morgan fingerprint density at radius 3 is 2.74 bits per heavy atom. The molecule has 27 heavy (non-hydrogen) atoms. The number of fused-ring (bicyclic) bond motifs is 2. The number of ketones is 1. The van der Waals surface area contributed by atoms with Gasteiger partial charge in [0.2, 0.25) is 0 Å². The molecule has 0 N–H and O–H groups in total. The Kier molecular flexibility index (Phi) is 4.81. The highest BCUT2D eigenvalue weighted by Crippen LogP contribution is 2.33. The molecule has 1 amide bonds. The third-order valence-electron chi connectivity index (χ3n) is 6.25. The predicted molar refractivity (Wildman–Crippen MR) is 105 cm³/mol. The number of hydrogen-bond acceptors (Lipinski definition) is 4. The van der Waals surface area contributed by atoms with Crippen molar-refractivity contribution in [3.63, 3.8) is 0 Å². The maximum Gasteiger partial charge on any atom is 0.289 e. The minimum atomic E-state index is 0.0195. The SMILES string of the molecule is CC(=O)CCc1ccc2oc(C(=O)N3CC4CCN(C)CC4C3)c(C)c2c1. The van der Waals surface area contributed by atoms with Crippen molar-refractivity contribution in [1.82, 2.24) is 9.80 Å². The van der Waals surface area contributed by atoms with Gasteiger partial charge < -0.3 is 19.0 Å². The Hall–Kier alpha value is -2.14. The maximum atomic E-state index is 13.1. The smallest absolute Gasteiger partial charge is 0.289 e. The van der Waals surface area contributed by atoms with Crippen molar-refractivity contribution in [2.45, 2.75) is 33.1 Å². The van der Waals surface area contributed by atoms with Gasteiger partial charge in [0.15, 0.2) is 5.76 Å². The number of amides is 1. The van der Waals surface area contributed by atoms with Gasteiger partial charge in [0.1, 0.15) is 11.4 Å². The summed E-state index contributed by atoms with van der Waals surface area (Å²) >= 11 is 0. The van der Waals surface area contributed by atoms with Gasteiger partial charge >= 0.3 is 0 Å². The van der Waals surface area contributed by atoms with Crippen LogP contribution in [0.15, 0.2) is 22.6 Å². The van der Waals surface area contributed by atoms with E-state index in [0.29, 0.717) is 24.0 Å². The standard InChI is InChI=1S/C22H28N2O3/c1-14(25)4-5-16-6-7-20-19(10-16)15(2)21(27-20)22(26)24-12-17-8-9-23(3)11-18(17)13-24/h6-7,10,17-18H,4-5,8-9,11-13H2,1-3H3. The average Bonchev–Trinajstić information content (AvgIpc) is 3.20. The average molecular weight is 368 g/mol. The minimum absolute atomic E-state index is 0.0195. The van der Waals surface area contributed by atoms with Crippen LogP contribution in [-0.2, 0) is 11.2 Å². The van der Waals surface area contributed by atoms with E-state index in [-0.39, 0.29) is 11.7 Å². The van der Waals surface area contributed by atoms with Crippen LogP contribution in [0.25, 0.3) is 11.0 Å². The summed E-state index contributed by atoms with van der Waals surface area (Å²) in [6, 6.07) is 5.97. The highest BCUT2D eigenvalue weighted by atomic mass is 16.3. The number of hydrogen-bond donors (Lipinski definition) is 0. The molecule has 0 spiro atoms. The molecule has 4 rings (SSSR count). The van der Waals surface area contributed by atoms with Gasteiger partial charge in [0.05, 0.1) is 0 Å². The summed E-state index contributed by atoms with van der Waals surface area (Å²) in [5.41, 5.74) is 2.77. The molecule has 3 heterocycles. The van der Waals surface area contributed by atoms with Crippen molar-refractivity contribution in [2.75, 3.05) is 33.2 Å². The van der Waals surface area contributed by atoms with E-state index in [0.717, 1.165) is 54.7 Å². The Morgan fingerprint density at radius 1 is 1.19 bits per heavy atom. The van der Waals surface area contributed by atoms with E-state index >= 15 is 0 Å². The van der Waals surface area contributed by atoms with Gasteiger partial charge in [-0.2, -0.15) is 0 Å². The lowest BCUT2D eigenvalue weighted by Crippen LogP contribution is -2.37. The summed E-state index contributed by atoms with van der Waals surface area (Å²) in [5.74, 6) is 1.88. The molecular formula is C22H28N2O3. The maximum absolute atomic E-state index is 13.1. The van der Waals surface area contributed by atoms with Crippen molar-refractivity contribution in [3.05, 3.63) is 35.1 Å². The van der Waals surface area contributed by atoms with Crippen molar-refractivity contribution < 1.29 is 14.0 Å². The summed E-state index contributed by atoms with van der Waals surface area (Å²) in [7, 11) is 2.16. The second-order valence-electron chi connectivity index (χ2n) is 8.37. The number of furan rings is 1. The van der Waals surface area contributed by atoms with Gasteiger partial charge in [-0.15, -0.1) is 0 Å². The summed E-state index contributed by atoms with van der Waals surface area (Å²) in [5, 5.41) is 0.982. The lowest BCUT2D eigenvalue weighted by molar-refractivity contribution is -0.116. The van der Waals surface area contributed by atoms with E-state index in [9.17, 15) is 9.59 Å². The Bertz CT molecular complexity index is 885. The number of aryl methyl sites for hydroxylation is 2. The number of Topliss-reactive ketones (excluding diaryl/α,β-unsaturated/α-hetero) is 1. The van der Waals surface area contributed by atoms with Crippen LogP contribution in [0.4, 0.5) is 0 Å². The quantitative estimate of drug-likeness (QED) is 0.831. The highest BCUT2D eigenvalue weighted by Gasteiger charge is 2.39. The fourth-order valence-electron chi connectivity index (χ4n) is 4.61. The third-order valence-corrected chi connectivity index (χ3v) is 6.25. The van der Waals surface area contributed by atoms with Crippen LogP contribution < -0.4 is 0 Å². The summed E-state index contributed by atoms with van der Waals surface area (Å²) < 4.78 is 5.96. The molecule has 0 aliphatic carbocycles. The molecule has 0 saturated carbocycles. The lowest BCUT2D eigenvalue weighted by Gasteiger charge is -2.31. The topological polar surface area (TPSA) is 53.8 Å². The van der Waals surface area contributed by atoms with Crippen LogP contribution in [0.3, 0.4) is 0 Å². The monoisotopic (exact) mass is 368 g/mol. The van der Waals surface area contributed by atoms with Crippen molar-refractivity contribution in [3.8, 4) is 0 Å². The predicted octanol–water partition coefficient (Wildman–Crippen LogP) is 3.29. The number of carbonyl (C=O) groups is 2. The zero-order valence-electron chi connectivity index (χ0n) is 16.5. The minimum Gasteiger partial charge on any atom is -0.451 e. The fourth-order valence-corrected chi connectivity index (χ4v) is 4.61.